The van der Waals surface area contributed by atoms with Gasteiger partial charge in [-0.2, -0.15) is 0 Å². The van der Waals surface area contributed by atoms with Crippen LogP contribution in [0.25, 0.3) is 0 Å². The number of phenols is 1. The van der Waals surface area contributed by atoms with Crippen molar-refractivity contribution < 1.29 is 14.6 Å². The summed E-state index contributed by atoms with van der Waals surface area (Å²) in [6.07, 6.45) is 0.889. The molecule has 3 N–H and O–H groups in total. The zero-order chi connectivity index (χ0) is 15.9. The van der Waals surface area contributed by atoms with Gasteiger partial charge in [0.2, 0.25) is 0 Å². The number of benzene rings is 1. The van der Waals surface area contributed by atoms with E-state index in [1.54, 1.807) is 12.1 Å². The topological polar surface area (TPSA) is 75.8 Å². The lowest BCUT2D eigenvalue weighted by Gasteiger charge is -2.44. The molecule has 0 spiro atoms. The van der Waals surface area contributed by atoms with Gasteiger partial charge in [0.15, 0.2) is 0 Å². The van der Waals surface area contributed by atoms with Gasteiger partial charge < -0.3 is 20.5 Å². The smallest absolute Gasteiger partial charge is 0.253 e. The van der Waals surface area contributed by atoms with E-state index in [0.717, 1.165) is 6.42 Å². The third-order valence-electron chi connectivity index (χ3n) is 4.50. The second-order valence-electron chi connectivity index (χ2n) is 5.76. The first-order valence-electron chi connectivity index (χ1n) is 7.32. The Morgan fingerprint density at radius 3 is 2.91 bits per heavy atom. The Bertz CT molecular complexity index is 596. The minimum Gasteiger partial charge on any atom is -0.508 e. The summed E-state index contributed by atoms with van der Waals surface area (Å²) in [5.41, 5.74) is 6.22. The Morgan fingerprint density at radius 2 is 2.18 bits per heavy atom. The summed E-state index contributed by atoms with van der Waals surface area (Å²) in [6, 6.07) is 3.13. The molecular formula is C15H18Cl2N2O3. The van der Waals surface area contributed by atoms with E-state index in [1.807, 2.05) is 4.90 Å². The van der Waals surface area contributed by atoms with Gasteiger partial charge in [0.25, 0.3) is 5.91 Å². The summed E-state index contributed by atoms with van der Waals surface area (Å²) >= 11 is 12.3. The number of phenolic OH excluding ortho intramolecular Hbond substituents is 1. The van der Waals surface area contributed by atoms with Crippen LogP contribution >= 0.6 is 23.2 Å². The first-order valence-corrected chi connectivity index (χ1v) is 8.07. The van der Waals surface area contributed by atoms with Gasteiger partial charge in [0.1, 0.15) is 11.9 Å². The Hall–Kier alpha value is -1.01. The molecule has 0 saturated carbocycles. The largest absolute Gasteiger partial charge is 0.508 e. The van der Waals surface area contributed by atoms with Crippen LogP contribution in [-0.4, -0.2) is 47.8 Å². The number of fused-ring (bicyclic) bond motifs is 1. The molecule has 2 fully saturated rings. The number of hydrogen-bond donors (Lipinski definition) is 2. The number of halogens is 2. The van der Waals surface area contributed by atoms with Gasteiger partial charge in [-0.25, -0.2) is 0 Å². The van der Waals surface area contributed by atoms with Crippen molar-refractivity contribution in [3.63, 3.8) is 0 Å². The number of piperidine rings is 1. The van der Waals surface area contributed by atoms with E-state index in [9.17, 15) is 9.90 Å². The van der Waals surface area contributed by atoms with E-state index in [2.05, 4.69) is 0 Å². The highest BCUT2D eigenvalue weighted by molar-refractivity contribution is 6.42. The molecule has 1 amide bonds. The second-order valence-corrected chi connectivity index (χ2v) is 6.54. The maximum absolute atomic E-state index is 12.2. The monoisotopic (exact) mass is 344 g/mol. The van der Waals surface area contributed by atoms with Gasteiger partial charge in [0, 0.05) is 18.7 Å². The highest BCUT2D eigenvalue weighted by Gasteiger charge is 2.40. The molecule has 1 aromatic rings. The van der Waals surface area contributed by atoms with E-state index in [1.165, 1.54) is 0 Å². The fourth-order valence-corrected chi connectivity index (χ4v) is 3.84. The predicted octanol–water partition coefficient (Wildman–Crippen LogP) is 2.13. The molecule has 3 atom stereocenters. The molecule has 0 bridgehead atoms. The maximum atomic E-state index is 12.2. The van der Waals surface area contributed by atoms with Crippen LogP contribution in [0, 0.1) is 0 Å². The van der Waals surface area contributed by atoms with E-state index >= 15 is 0 Å². The molecule has 0 aromatic heterocycles. The van der Waals surface area contributed by atoms with Crippen molar-refractivity contribution in [1.29, 1.82) is 0 Å². The molecule has 1 aromatic carbocycles. The van der Waals surface area contributed by atoms with Crippen molar-refractivity contribution in [2.45, 2.75) is 30.9 Å². The number of carbonyl (C=O) groups excluding carboxylic acids is 1. The number of hydrogen-bond acceptors (Lipinski definition) is 4. The molecule has 0 aliphatic carbocycles. The number of morpholine rings is 1. The number of rotatable bonds is 2. The molecule has 120 valence electrons. The van der Waals surface area contributed by atoms with Gasteiger partial charge >= 0.3 is 0 Å². The predicted molar refractivity (Wildman–Crippen MR) is 84.4 cm³/mol. The van der Waals surface area contributed by atoms with E-state index in [4.69, 9.17) is 33.7 Å². The van der Waals surface area contributed by atoms with E-state index in [-0.39, 0.29) is 30.2 Å². The first kappa shape index (κ1) is 15.9. The van der Waals surface area contributed by atoms with Crippen molar-refractivity contribution in [2.75, 3.05) is 19.7 Å². The molecule has 0 radical (unpaired) electrons. The number of ether oxygens (including phenoxy) is 1. The Labute approximate surface area is 138 Å². The van der Waals surface area contributed by atoms with E-state index in [0.29, 0.717) is 35.2 Å². The lowest BCUT2D eigenvalue weighted by molar-refractivity contribution is -0.161. The second kappa shape index (κ2) is 6.24. The average molecular weight is 345 g/mol. The van der Waals surface area contributed by atoms with Crippen LogP contribution in [0.15, 0.2) is 12.1 Å². The summed E-state index contributed by atoms with van der Waals surface area (Å²) in [5, 5.41) is 10.9. The van der Waals surface area contributed by atoms with Crippen molar-refractivity contribution >= 4 is 29.1 Å². The van der Waals surface area contributed by atoms with Gasteiger partial charge in [-0.05, 0) is 30.9 Å². The Balaban J connectivity index is 1.82. The van der Waals surface area contributed by atoms with Crippen LogP contribution in [0.4, 0.5) is 0 Å². The molecule has 2 saturated heterocycles. The lowest BCUT2D eigenvalue weighted by atomic mass is 9.84. The zero-order valence-electron chi connectivity index (χ0n) is 12.0. The molecule has 2 heterocycles. The fraction of sp³-hybridized carbons (Fsp3) is 0.533. The highest BCUT2D eigenvalue weighted by atomic mass is 35.5. The standard InChI is InChI=1S/C15H18Cl2N2O3/c16-10-1-2-11(20)13(14(10)17)8-3-4-19-9(5-8)7-22-12(6-18)15(19)21/h1-2,8-9,12,20H,3-7,18H2/t8-,9+,12?/m1/s1. The lowest BCUT2D eigenvalue weighted by Crippen LogP contribution is -2.58. The fourth-order valence-electron chi connectivity index (χ4n) is 3.36. The Morgan fingerprint density at radius 1 is 1.41 bits per heavy atom. The minimum absolute atomic E-state index is 0.0106. The quantitative estimate of drug-likeness (QED) is 0.861. The number of carbonyl (C=O) groups is 1. The summed E-state index contributed by atoms with van der Waals surface area (Å²) in [6.45, 7) is 1.27. The number of nitrogens with zero attached hydrogens (tertiary/aromatic N) is 1. The van der Waals surface area contributed by atoms with Gasteiger partial charge in [-0.1, -0.05) is 23.2 Å². The molecule has 1 unspecified atom stereocenters. The minimum atomic E-state index is -0.532. The Kier molecular flexibility index (Phi) is 4.50. The summed E-state index contributed by atoms with van der Waals surface area (Å²) in [4.78, 5) is 14.1. The van der Waals surface area contributed by atoms with Crippen molar-refractivity contribution in [3.05, 3.63) is 27.7 Å². The molecule has 5 nitrogen and oxygen atoms in total. The average Bonchev–Trinajstić information content (AvgIpc) is 2.52. The number of amides is 1. The van der Waals surface area contributed by atoms with Crippen molar-refractivity contribution in [3.8, 4) is 5.75 Å². The third-order valence-corrected chi connectivity index (χ3v) is 5.32. The van der Waals surface area contributed by atoms with Crippen molar-refractivity contribution in [1.82, 2.24) is 4.90 Å². The van der Waals surface area contributed by atoms with Crippen LogP contribution in [0.1, 0.15) is 24.3 Å². The SMILES string of the molecule is NCC1OC[C@@H]2C[C@H](c3c(O)ccc(Cl)c3Cl)CCN2C1=O. The normalized spacial score (nSPS) is 28.6. The number of aromatic hydroxyl groups is 1. The van der Waals surface area contributed by atoms with Gasteiger partial charge in [-0.15, -0.1) is 0 Å². The number of nitrogens with two attached hydrogens (primary N) is 1. The maximum Gasteiger partial charge on any atom is 0.253 e. The molecule has 22 heavy (non-hydrogen) atoms. The van der Waals surface area contributed by atoms with E-state index < -0.39 is 6.10 Å². The van der Waals surface area contributed by atoms with Crippen LogP contribution < -0.4 is 5.73 Å². The third kappa shape index (κ3) is 2.67. The molecule has 7 heteroatoms. The van der Waals surface area contributed by atoms with Crippen molar-refractivity contribution in [2.24, 2.45) is 5.73 Å². The summed E-state index contributed by atoms with van der Waals surface area (Å²) in [7, 11) is 0. The van der Waals surface area contributed by atoms with Crippen LogP contribution in [0.5, 0.6) is 5.75 Å². The summed E-state index contributed by atoms with van der Waals surface area (Å²) in [5.74, 6) is 0.160. The summed E-state index contributed by atoms with van der Waals surface area (Å²) < 4.78 is 5.54. The molecule has 2 aliphatic heterocycles. The van der Waals surface area contributed by atoms with Gasteiger partial charge in [-0.3, -0.25) is 4.79 Å². The zero-order valence-corrected chi connectivity index (χ0v) is 13.5. The molecule has 2 aliphatic rings. The molecule has 3 rings (SSSR count). The van der Waals surface area contributed by atoms with Crippen LogP contribution in [-0.2, 0) is 9.53 Å². The molecular weight excluding hydrogens is 327 g/mol. The van der Waals surface area contributed by atoms with Crippen LogP contribution in [0.2, 0.25) is 10.0 Å². The highest BCUT2D eigenvalue weighted by Crippen LogP contribution is 2.43. The van der Waals surface area contributed by atoms with Gasteiger partial charge in [0.05, 0.1) is 22.7 Å². The first-order chi connectivity index (χ1) is 10.5. The van der Waals surface area contributed by atoms with Crippen LogP contribution in [0.3, 0.4) is 0 Å².